The first kappa shape index (κ1) is 17.0. The standard InChI is InChI=1S/C15H24FN3S/c1-4-8-19(10-9-18(2)3)11-12-6-5-7-13(14(12)16)15(17)20/h5-7H,4,8-11H2,1-3H3,(H2,17,20). The van der Waals surface area contributed by atoms with Crippen molar-refractivity contribution in [2.75, 3.05) is 33.7 Å². The van der Waals surface area contributed by atoms with Gasteiger partial charge in [-0.05, 0) is 33.1 Å². The molecule has 0 atom stereocenters. The van der Waals surface area contributed by atoms with Gasteiger partial charge in [0.2, 0.25) is 0 Å². The van der Waals surface area contributed by atoms with Gasteiger partial charge in [-0.25, -0.2) is 4.39 Å². The first-order valence-electron chi connectivity index (χ1n) is 6.90. The summed E-state index contributed by atoms with van der Waals surface area (Å²) in [5, 5.41) is 0. The molecule has 2 N–H and O–H groups in total. The van der Waals surface area contributed by atoms with Gasteiger partial charge in [0, 0.05) is 30.8 Å². The van der Waals surface area contributed by atoms with Gasteiger partial charge in [-0.2, -0.15) is 0 Å². The van der Waals surface area contributed by atoms with Gasteiger partial charge < -0.3 is 10.6 Å². The number of halogens is 1. The molecule has 20 heavy (non-hydrogen) atoms. The molecule has 0 unspecified atom stereocenters. The Hall–Kier alpha value is -1.04. The fourth-order valence-corrected chi connectivity index (χ4v) is 2.22. The number of nitrogens with two attached hydrogens (primary N) is 1. The van der Waals surface area contributed by atoms with Crippen LogP contribution in [0.25, 0.3) is 0 Å². The van der Waals surface area contributed by atoms with E-state index in [1.807, 2.05) is 20.2 Å². The average molecular weight is 297 g/mol. The minimum atomic E-state index is -0.286. The summed E-state index contributed by atoms with van der Waals surface area (Å²) in [6.45, 7) is 5.53. The Morgan fingerprint density at radius 3 is 2.50 bits per heavy atom. The molecule has 0 saturated carbocycles. The minimum absolute atomic E-state index is 0.111. The van der Waals surface area contributed by atoms with E-state index >= 15 is 0 Å². The van der Waals surface area contributed by atoms with Gasteiger partial charge in [0.25, 0.3) is 0 Å². The van der Waals surface area contributed by atoms with Gasteiger partial charge in [-0.15, -0.1) is 0 Å². The van der Waals surface area contributed by atoms with Crippen LogP contribution in [0.1, 0.15) is 24.5 Å². The third kappa shape index (κ3) is 5.15. The van der Waals surface area contributed by atoms with Crippen LogP contribution >= 0.6 is 12.2 Å². The summed E-state index contributed by atoms with van der Waals surface area (Å²) in [5.41, 5.74) is 6.53. The van der Waals surface area contributed by atoms with Crippen molar-refractivity contribution in [3.05, 3.63) is 35.1 Å². The Kier molecular flexibility index (Phi) is 7.05. The molecule has 0 fully saturated rings. The Labute approximate surface area is 126 Å². The molecule has 3 nitrogen and oxygen atoms in total. The van der Waals surface area contributed by atoms with E-state index in [1.165, 1.54) is 0 Å². The highest BCUT2D eigenvalue weighted by molar-refractivity contribution is 7.80. The molecule has 0 radical (unpaired) electrons. The predicted octanol–water partition coefficient (Wildman–Crippen LogP) is 2.23. The number of benzene rings is 1. The van der Waals surface area contributed by atoms with Crippen molar-refractivity contribution in [1.82, 2.24) is 9.80 Å². The van der Waals surface area contributed by atoms with E-state index in [1.54, 1.807) is 12.1 Å². The van der Waals surface area contributed by atoms with E-state index in [0.29, 0.717) is 17.7 Å². The van der Waals surface area contributed by atoms with Gasteiger partial charge in [0.05, 0.1) is 0 Å². The van der Waals surface area contributed by atoms with Crippen LogP contribution in [0.4, 0.5) is 4.39 Å². The summed E-state index contributed by atoms with van der Waals surface area (Å²) < 4.78 is 14.3. The molecule has 0 aliphatic rings. The van der Waals surface area contributed by atoms with Gasteiger partial charge in [0.15, 0.2) is 0 Å². The number of nitrogens with zero attached hydrogens (tertiary/aromatic N) is 2. The van der Waals surface area contributed by atoms with Crippen LogP contribution in [0.3, 0.4) is 0 Å². The topological polar surface area (TPSA) is 32.5 Å². The van der Waals surface area contributed by atoms with Crippen LogP contribution in [0, 0.1) is 5.82 Å². The summed E-state index contributed by atoms with van der Waals surface area (Å²) in [7, 11) is 4.08. The first-order chi connectivity index (χ1) is 9.45. The van der Waals surface area contributed by atoms with E-state index in [-0.39, 0.29) is 10.8 Å². The fourth-order valence-electron chi connectivity index (χ4n) is 2.06. The van der Waals surface area contributed by atoms with E-state index in [4.69, 9.17) is 18.0 Å². The van der Waals surface area contributed by atoms with Crippen LogP contribution in [-0.2, 0) is 6.54 Å². The van der Waals surface area contributed by atoms with Crippen molar-refractivity contribution in [3.63, 3.8) is 0 Å². The quantitative estimate of drug-likeness (QED) is 0.746. The van der Waals surface area contributed by atoms with Crippen molar-refractivity contribution in [3.8, 4) is 0 Å². The molecular formula is C15H24FN3S. The summed E-state index contributed by atoms with van der Waals surface area (Å²) in [5.74, 6) is -0.286. The van der Waals surface area contributed by atoms with Crippen LogP contribution in [0.15, 0.2) is 18.2 Å². The predicted molar refractivity (Wildman–Crippen MR) is 86.4 cm³/mol. The van der Waals surface area contributed by atoms with E-state index in [0.717, 1.165) is 26.1 Å². The zero-order valence-corrected chi connectivity index (χ0v) is 13.3. The minimum Gasteiger partial charge on any atom is -0.389 e. The maximum Gasteiger partial charge on any atom is 0.137 e. The Bertz CT molecular complexity index is 449. The summed E-state index contributed by atoms with van der Waals surface area (Å²) in [6.07, 6.45) is 1.05. The molecule has 112 valence electrons. The first-order valence-corrected chi connectivity index (χ1v) is 7.30. The van der Waals surface area contributed by atoms with Crippen LogP contribution < -0.4 is 5.73 Å². The van der Waals surface area contributed by atoms with Crippen LogP contribution in [-0.4, -0.2) is 48.5 Å². The molecule has 0 aromatic heterocycles. The normalized spacial score (nSPS) is 11.3. The second-order valence-corrected chi connectivity index (χ2v) is 5.66. The Balaban J connectivity index is 2.82. The molecule has 0 bridgehead atoms. The van der Waals surface area contributed by atoms with Crippen LogP contribution in [0.2, 0.25) is 0 Å². The second-order valence-electron chi connectivity index (χ2n) is 5.22. The van der Waals surface area contributed by atoms with E-state index in [9.17, 15) is 4.39 Å². The molecule has 0 aliphatic carbocycles. The van der Waals surface area contributed by atoms with Crippen molar-refractivity contribution in [2.45, 2.75) is 19.9 Å². The number of hydrogen-bond donors (Lipinski definition) is 1. The molecule has 1 rings (SSSR count). The molecule has 1 aromatic carbocycles. The highest BCUT2D eigenvalue weighted by atomic mass is 32.1. The van der Waals surface area contributed by atoms with E-state index in [2.05, 4.69) is 16.7 Å². The average Bonchev–Trinajstić information content (AvgIpc) is 2.38. The molecule has 0 aliphatic heterocycles. The third-order valence-electron chi connectivity index (χ3n) is 3.14. The van der Waals surface area contributed by atoms with Gasteiger partial charge >= 0.3 is 0 Å². The zero-order chi connectivity index (χ0) is 15.1. The Morgan fingerprint density at radius 2 is 1.95 bits per heavy atom. The molecular weight excluding hydrogens is 273 g/mol. The lowest BCUT2D eigenvalue weighted by atomic mass is 10.1. The molecule has 1 aromatic rings. The van der Waals surface area contributed by atoms with Gasteiger partial charge in [-0.3, -0.25) is 4.90 Å². The molecule has 0 spiro atoms. The van der Waals surface area contributed by atoms with Gasteiger partial charge in [-0.1, -0.05) is 31.3 Å². The monoisotopic (exact) mass is 297 g/mol. The number of hydrogen-bond acceptors (Lipinski definition) is 3. The molecule has 0 saturated heterocycles. The summed E-state index contributed by atoms with van der Waals surface area (Å²) in [4.78, 5) is 4.49. The molecule has 0 amide bonds. The summed E-state index contributed by atoms with van der Waals surface area (Å²) >= 11 is 4.88. The number of thiocarbonyl (C=S) groups is 1. The lowest BCUT2D eigenvalue weighted by Crippen LogP contribution is -2.32. The highest BCUT2D eigenvalue weighted by Gasteiger charge is 2.13. The SMILES string of the molecule is CCCN(CCN(C)C)Cc1cccc(C(N)=S)c1F. The van der Waals surface area contributed by atoms with Gasteiger partial charge in [0.1, 0.15) is 10.8 Å². The maximum absolute atomic E-state index is 14.3. The number of likely N-dealkylation sites (N-methyl/N-ethyl adjacent to an activating group) is 1. The zero-order valence-electron chi connectivity index (χ0n) is 12.5. The largest absolute Gasteiger partial charge is 0.389 e. The van der Waals surface area contributed by atoms with Crippen molar-refractivity contribution in [2.24, 2.45) is 5.73 Å². The molecule has 5 heteroatoms. The lowest BCUT2D eigenvalue weighted by molar-refractivity contribution is 0.231. The van der Waals surface area contributed by atoms with E-state index < -0.39 is 0 Å². The second kappa shape index (κ2) is 8.29. The van der Waals surface area contributed by atoms with Crippen molar-refractivity contribution in [1.29, 1.82) is 0 Å². The maximum atomic E-state index is 14.3. The number of rotatable bonds is 8. The third-order valence-corrected chi connectivity index (χ3v) is 3.36. The smallest absolute Gasteiger partial charge is 0.137 e. The highest BCUT2D eigenvalue weighted by Crippen LogP contribution is 2.15. The lowest BCUT2D eigenvalue weighted by Gasteiger charge is -2.24. The fraction of sp³-hybridized carbons (Fsp3) is 0.533. The van der Waals surface area contributed by atoms with Crippen molar-refractivity contribution >= 4 is 17.2 Å². The van der Waals surface area contributed by atoms with Crippen LogP contribution in [0.5, 0.6) is 0 Å². The summed E-state index contributed by atoms with van der Waals surface area (Å²) in [6, 6.07) is 5.24. The van der Waals surface area contributed by atoms with Crippen molar-refractivity contribution < 1.29 is 4.39 Å². The Morgan fingerprint density at radius 1 is 1.25 bits per heavy atom. The molecule has 0 heterocycles.